The summed E-state index contributed by atoms with van der Waals surface area (Å²) in [6, 6.07) is 3.82. The van der Waals surface area contributed by atoms with Gasteiger partial charge >= 0.3 is 0 Å². The number of phenolic OH excluding ortho intramolecular Hbond substituents is 1. The summed E-state index contributed by atoms with van der Waals surface area (Å²) in [5.41, 5.74) is 5.52. The number of anilines is 1. The van der Waals surface area contributed by atoms with E-state index in [1.807, 2.05) is 13.8 Å². The zero-order valence-electron chi connectivity index (χ0n) is 11.8. The van der Waals surface area contributed by atoms with Gasteiger partial charge in [0.15, 0.2) is 0 Å². The number of benzene rings is 1. The average molecular weight is 302 g/mol. The number of nitrogen functional groups attached to an aromatic ring is 1. The van der Waals surface area contributed by atoms with Crippen LogP contribution in [0.3, 0.4) is 0 Å². The summed E-state index contributed by atoms with van der Waals surface area (Å²) in [5.74, 6) is -0.130. The lowest BCUT2D eigenvalue weighted by atomic mass is 10.3. The molecule has 0 unspecified atom stereocenters. The third kappa shape index (κ3) is 5.36. The molecule has 0 spiro atoms. The van der Waals surface area contributed by atoms with Crippen LogP contribution in [0.25, 0.3) is 0 Å². The molecule has 1 rings (SSSR count). The van der Waals surface area contributed by atoms with Crippen molar-refractivity contribution in [1.29, 1.82) is 0 Å². The Morgan fingerprint density at radius 2 is 2.05 bits per heavy atom. The maximum Gasteiger partial charge on any atom is 0.240 e. The van der Waals surface area contributed by atoms with Gasteiger partial charge in [0, 0.05) is 13.2 Å². The van der Waals surface area contributed by atoms with Crippen LogP contribution < -0.4 is 10.5 Å². The van der Waals surface area contributed by atoms with Crippen LogP contribution in [0.15, 0.2) is 23.1 Å². The van der Waals surface area contributed by atoms with Gasteiger partial charge in [0.25, 0.3) is 0 Å². The molecular weight excluding hydrogens is 280 g/mol. The monoisotopic (exact) mass is 302 g/mol. The zero-order valence-corrected chi connectivity index (χ0v) is 12.6. The average Bonchev–Trinajstić information content (AvgIpc) is 2.36. The first-order valence-electron chi connectivity index (χ1n) is 6.52. The zero-order chi connectivity index (χ0) is 15.2. The second-order valence-electron chi connectivity index (χ2n) is 4.75. The molecule has 0 aliphatic carbocycles. The number of nitrogens with two attached hydrogens (primary N) is 1. The van der Waals surface area contributed by atoms with Crippen molar-refractivity contribution >= 4 is 15.7 Å². The Hall–Kier alpha value is -1.31. The number of phenols is 1. The molecule has 1 aromatic carbocycles. The van der Waals surface area contributed by atoms with E-state index < -0.39 is 10.0 Å². The fourth-order valence-electron chi connectivity index (χ4n) is 1.54. The van der Waals surface area contributed by atoms with Crippen LogP contribution in [0.5, 0.6) is 5.75 Å². The number of aromatic hydroxyl groups is 1. The first kappa shape index (κ1) is 16.7. The van der Waals surface area contributed by atoms with E-state index in [9.17, 15) is 13.5 Å². The van der Waals surface area contributed by atoms with Gasteiger partial charge in [-0.15, -0.1) is 0 Å². The van der Waals surface area contributed by atoms with Crippen molar-refractivity contribution in [1.82, 2.24) is 4.72 Å². The van der Waals surface area contributed by atoms with E-state index in [2.05, 4.69) is 4.72 Å². The third-order valence-electron chi connectivity index (χ3n) is 2.62. The lowest BCUT2D eigenvalue weighted by Crippen LogP contribution is -2.25. The number of unbranched alkanes of at least 4 members (excludes halogenated alkanes) is 1. The number of sulfonamides is 1. The van der Waals surface area contributed by atoms with Crippen LogP contribution in [0.2, 0.25) is 0 Å². The Morgan fingerprint density at radius 1 is 1.35 bits per heavy atom. The molecule has 0 radical (unpaired) electrons. The molecule has 0 amide bonds. The SMILES string of the molecule is CC(C)OCCCCNS(=O)(=O)c1ccc(O)c(N)c1. The highest BCUT2D eigenvalue weighted by atomic mass is 32.2. The van der Waals surface area contributed by atoms with Gasteiger partial charge in [0.1, 0.15) is 5.75 Å². The predicted octanol–water partition coefficient (Wildman–Crippen LogP) is 1.46. The molecule has 20 heavy (non-hydrogen) atoms. The van der Waals surface area contributed by atoms with Crippen molar-refractivity contribution in [3.8, 4) is 5.75 Å². The van der Waals surface area contributed by atoms with Gasteiger partial charge in [0.05, 0.1) is 16.7 Å². The Morgan fingerprint density at radius 3 is 2.65 bits per heavy atom. The minimum Gasteiger partial charge on any atom is -0.506 e. The first-order valence-corrected chi connectivity index (χ1v) is 8.01. The maximum atomic E-state index is 12.0. The van der Waals surface area contributed by atoms with Crippen molar-refractivity contribution in [2.75, 3.05) is 18.9 Å². The highest BCUT2D eigenvalue weighted by Gasteiger charge is 2.14. The molecule has 0 fully saturated rings. The van der Waals surface area contributed by atoms with E-state index in [-0.39, 0.29) is 22.4 Å². The van der Waals surface area contributed by atoms with E-state index in [4.69, 9.17) is 10.5 Å². The summed E-state index contributed by atoms with van der Waals surface area (Å²) in [7, 11) is -3.58. The van der Waals surface area contributed by atoms with E-state index >= 15 is 0 Å². The second-order valence-corrected chi connectivity index (χ2v) is 6.51. The molecule has 0 aliphatic heterocycles. The molecule has 0 saturated carbocycles. The number of ether oxygens (including phenoxy) is 1. The number of nitrogens with one attached hydrogen (secondary N) is 1. The molecular formula is C13H22N2O4S. The smallest absolute Gasteiger partial charge is 0.240 e. The van der Waals surface area contributed by atoms with E-state index in [1.165, 1.54) is 18.2 Å². The minimum atomic E-state index is -3.58. The molecule has 0 bridgehead atoms. The van der Waals surface area contributed by atoms with Crippen LogP contribution in [0.4, 0.5) is 5.69 Å². The van der Waals surface area contributed by atoms with Crippen LogP contribution >= 0.6 is 0 Å². The first-order chi connectivity index (χ1) is 9.33. The fourth-order valence-corrected chi connectivity index (χ4v) is 2.64. The van der Waals surface area contributed by atoms with E-state index in [0.29, 0.717) is 19.6 Å². The fraction of sp³-hybridized carbons (Fsp3) is 0.538. The summed E-state index contributed by atoms with van der Waals surface area (Å²) in [5, 5.41) is 9.27. The Balaban J connectivity index is 2.43. The number of hydrogen-bond acceptors (Lipinski definition) is 5. The van der Waals surface area contributed by atoms with E-state index in [0.717, 1.165) is 6.42 Å². The summed E-state index contributed by atoms with van der Waals surface area (Å²) in [4.78, 5) is 0.0474. The van der Waals surface area contributed by atoms with Gasteiger partial charge in [0.2, 0.25) is 10.0 Å². The topological polar surface area (TPSA) is 102 Å². The molecule has 0 saturated heterocycles. The standard InChI is InChI=1S/C13H22N2O4S/c1-10(2)19-8-4-3-7-15-20(17,18)11-5-6-13(16)12(14)9-11/h5-6,9-10,15-16H,3-4,7-8,14H2,1-2H3. The molecule has 6 nitrogen and oxygen atoms in total. The van der Waals surface area contributed by atoms with Crippen molar-refractivity contribution in [3.05, 3.63) is 18.2 Å². The lowest BCUT2D eigenvalue weighted by Gasteiger charge is -2.09. The van der Waals surface area contributed by atoms with Crippen molar-refractivity contribution < 1.29 is 18.3 Å². The lowest BCUT2D eigenvalue weighted by molar-refractivity contribution is 0.0762. The van der Waals surface area contributed by atoms with Crippen molar-refractivity contribution in [3.63, 3.8) is 0 Å². The van der Waals surface area contributed by atoms with Crippen LogP contribution in [-0.4, -0.2) is 32.8 Å². The second kappa shape index (κ2) is 7.47. The van der Waals surface area contributed by atoms with Crippen LogP contribution in [0, 0.1) is 0 Å². The van der Waals surface area contributed by atoms with Gasteiger partial charge in [-0.1, -0.05) is 0 Å². The molecule has 0 aliphatic rings. The Labute approximate surface area is 120 Å². The summed E-state index contributed by atoms with van der Waals surface area (Å²) in [6.07, 6.45) is 1.67. The summed E-state index contributed by atoms with van der Waals surface area (Å²) >= 11 is 0. The minimum absolute atomic E-state index is 0.0400. The molecule has 7 heteroatoms. The van der Waals surface area contributed by atoms with Gasteiger partial charge in [-0.25, -0.2) is 13.1 Å². The molecule has 0 atom stereocenters. The summed E-state index contributed by atoms with van der Waals surface area (Å²) < 4.78 is 31.8. The number of hydrogen-bond donors (Lipinski definition) is 3. The van der Waals surface area contributed by atoms with Gasteiger partial charge in [-0.3, -0.25) is 0 Å². The normalized spacial score (nSPS) is 11.9. The highest BCUT2D eigenvalue weighted by molar-refractivity contribution is 7.89. The highest BCUT2D eigenvalue weighted by Crippen LogP contribution is 2.22. The van der Waals surface area contributed by atoms with Gasteiger partial charge in [-0.05, 0) is 44.9 Å². The molecule has 0 heterocycles. The third-order valence-corrected chi connectivity index (χ3v) is 4.08. The van der Waals surface area contributed by atoms with Crippen molar-refractivity contribution in [2.45, 2.75) is 37.7 Å². The molecule has 0 aromatic heterocycles. The predicted molar refractivity (Wildman–Crippen MR) is 78.0 cm³/mol. The van der Waals surface area contributed by atoms with Crippen LogP contribution in [-0.2, 0) is 14.8 Å². The Kier molecular flexibility index (Phi) is 6.25. The molecule has 114 valence electrons. The quantitative estimate of drug-likeness (QED) is 0.383. The Bertz CT molecular complexity index is 529. The van der Waals surface area contributed by atoms with Gasteiger partial charge in [-0.2, -0.15) is 0 Å². The van der Waals surface area contributed by atoms with E-state index in [1.54, 1.807) is 0 Å². The largest absolute Gasteiger partial charge is 0.506 e. The molecule has 4 N–H and O–H groups in total. The summed E-state index contributed by atoms with van der Waals surface area (Å²) in [6.45, 7) is 4.87. The number of rotatable bonds is 8. The van der Waals surface area contributed by atoms with Crippen LogP contribution in [0.1, 0.15) is 26.7 Å². The maximum absolute atomic E-state index is 12.0. The molecule has 1 aromatic rings. The van der Waals surface area contributed by atoms with Gasteiger partial charge < -0.3 is 15.6 Å². The van der Waals surface area contributed by atoms with Crippen molar-refractivity contribution in [2.24, 2.45) is 0 Å².